The van der Waals surface area contributed by atoms with Gasteiger partial charge in [0.1, 0.15) is 5.69 Å². The van der Waals surface area contributed by atoms with Crippen LogP contribution in [-0.4, -0.2) is 16.9 Å². The zero-order valence-electron chi connectivity index (χ0n) is 13.6. The summed E-state index contributed by atoms with van der Waals surface area (Å²) in [6.07, 6.45) is 13.0. The first kappa shape index (κ1) is 16.5. The lowest BCUT2D eigenvalue weighted by molar-refractivity contribution is 0.0918. The van der Waals surface area contributed by atoms with Gasteiger partial charge < -0.3 is 5.32 Å². The minimum atomic E-state index is -0.0575. The summed E-state index contributed by atoms with van der Waals surface area (Å²) in [6.45, 7) is 7.98. The second kappa shape index (κ2) is 7.92. The first-order valence-corrected chi connectivity index (χ1v) is 8.18. The van der Waals surface area contributed by atoms with E-state index in [2.05, 4.69) is 29.9 Å². The molecule has 0 radical (unpaired) electrons. The van der Waals surface area contributed by atoms with Gasteiger partial charge in [0.05, 0.1) is 0 Å². The topological polar surface area (TPSA) is 42.0 Å². The summed E-state index contributed by atoms with van der Waals surface area (Å²) in [5, 5.41) is 5.22. The molecule has 1 fully saturated rings. The number of amides is 1. The molecule has 0 saturated heterocycles. The van der Waals surface area contributed by atoms with Gasteiger partial charge in [0.2, 0.25) is 0 Å². The van der Waals surface area contributed by atoms with Gasteiger partial charge >= 0.3 is 0 Å². The lowest BCUT2D eigenvalue weighted by atomic mass is 9.87. The van der Waals surface area contributed by atoms with Crippen molar-refractivity contribution < 1.29 is 4.79 Å². The van der Waals surface area contributed by atoms with Gasteiger partial charge in [-0.25, -0.2) is 0 Å². The molecule has 0 unspecified atom stereocenters. The standard InChI is InChI=1S/C19H26N2O/c1-4-6-7-16-13-20-18(12-15(16)5-2)19(22)21-17-10-8-14(3)9-11-17/h4-5,7,12-14,17H,1,6,8-11H2,2-3H3,(H,21,22)/b15-5-,16-7-. The van der Waals surface area contributed by atoms with E-state index >= 15 is 0 Å². The Morgan fingerprint density at radius 3 is 2.73 bits per heavy atom. The third kappa shape index (κ3) is 4.30. The molecule has 1 aromatic heterocycles. The van der Waals surface area contributed by atoms with Gasteiger partial charge in [-0.2, -0.15) is 0 Å². The molecule has 2 rings (SSSR count). The number of carbonyl (C=O) groups excluding carboxylic acids is 1. The summed E-state index contributed by atoms with van der Waals surface area (Å²) in [6, 6.07) is 2.17. The smallest absolute Gasteiger partial charge is 0.270 e. The molecule has 1 N–H and O–H groups in total. The monoisotopic (exact) mass is 298 g/mol. The lowest BCUT2D eigenvalue weighted by Crippen LogP contribution is -2.39. The molecule has 0 bridgehead atoms. The largest absolute Gasteiger partial charge is 0.348 e. The Morgan fingerprint density at radius 1 is 1.36 bits per heavy atom. The second-order valence-electron chi connectivity index (χ2n) is 6.15. The predicted octanol–water partition coefficient (Wildman–Crippen LogP) is 2.55. The first-order valence-electron chi connectivity index (χ1n) is 8.18. The highest BCUT2D eigenvalue weighted by atomic mass is 16.1. The van der Waals surface area contributed by atoms with Crippen molar-refractivity contribution in [2.45, 2.75) is 52.0 Å². The summed E-state index contributed by atoms with van der Waals surface area (Å²) in [4.78, 5) is 16.7. The minimum absolute atomic E-state index is 0.0575. The normalized spacial score (nSPS) is 23.4. The summed E-state index contributed by atoms with van der Waals surface area (Å²) < 4.78 is 0. The van der Waals surface area contributed by atoms with Crippen LogP contribution in [-0.2, 0) is 0 Å². The fourth-order valence-electron chi connectivity index (χ4n) is 2.90. The van der Waals surface area contributed by atoms with E-state index in [1.807, 2.05) is 25.1 Å². The summed E-state index contributed by atoms with van der Waals surface area (Å²) in [5.41, 5.74) is 0.502. The average Bonchev–Trinajstić information content (AvgIpc) is 2.54. The molecule has 0 aromatic carbocycles. The molecule has 22 heavy (non-hydrogen) atoms. The Labute approximate surface area is 132 Å². The van der Waals surface area contributed by atoms with Crippen molar-refractivity contribution in [2.75, 3.05) is 0 Å². The lowest BCUT2D eigenvalue weighted by Gasteiger charge is -2.26. The van der Waals surface area contributed by atoms with Crippen LogP contribution in [0.4, 0.5) is 0 Å². The van der Waals surface area contributed by atoms with Gasteiger partial charge in [0.15, 0.2) is 0 Å². The zero-order chi connectivity index (χ0) is 15.9. The van der Waals surface area contributed by atoms with Gasteiger partial charge in [-0.3, -0.25) is 9.78 Å². The van der Waals surface area contributed by atoms with Crippen molar-refractivity contribution >= 4 is 18.1 Å². The number of nitrogens with one attached hydrogen (secondary N) is 1. The van der Waals surface area contributed by atoms with Crippen LogP contribution in [0.5, 0.6) is 0 Å². The quantitative estimate of drug-likeness (QED) is 0.868. The van der Waals surface area contributed by atoms with Crippen molar-refractivity contribution in [3.8, 4) is 0 Å². The molecule has 1 amide bonds. The maximum absolute atomic E-state index is 12.4. The number of hydrogen-bond donors (Lipinski definition) is 1. The highest BCUT2D eigenvalue weighted by molar-refractivity contribution is 5.92. The van der Waals surface area contributed by atoms with Crippen LogP contribution in [0.2, 0.25) is 0 Å². The molecule has 1 saturated carbocycles. The van der Waals surface area contributed by atoms with E-state index in [0.717, 1.165) is 35.6 Å². The minimum Gasteiger partial charge on any atom is -0.348 e. The van der Waals surface area contributed by atoms with E-state index in [1.54, 1.807) is 6.20 Å². The summed E-state index contributed by atoms with van der Waals surface area (Å²) in [5.74, 6) is 0.727. The van der Waals surface area contributed by atoms with E-state index in [4.69, 9.17) is 0 Å². The number of rotatable bonds is 4. The number of allylic oxidation sites excluding steroid dienone is 1. The maximum atomic E-state index is 12.4. The SMILES string of the molecule is C=CC/C=c1/cnc(C(=O)NC2CCC(C)CC2)c/c1=C/C. The highest BCUT2D eigenvalue weighted by Crippen LogP contribution is 2.23. The second-order valence-corrected chi connectivity index (χ2v) is 6.15. The van der Waals surface area contributed by atoms with Crippen molar-refractivity contribution in [3.63, 3.8) is 0 Å². The summed E-state index contributed by atoms with van der Waals surface area (Å²) in [7, 11) is 0. The number of nitrogens with zero attached hydrogens (tertiary/aromatic N) is 1. The van der Waals surface area contributed by atoms with E-state index in [-0.39, 0.29) is 5.91 Å². The predicted molar refractivity (Wildman–Crippen MR) is 91.8 cm³/mol. The molecular formula is C19H26N2O. The molecule has 118 valence electrons. The Hall–Kier alpha value is -1.90. The van der Waals surface area contributed by atoms with E-state index in [1.165, 1.54) is 12.8 Å². The Bertz CT molecular complexity index is 640. The van der Waals surface area contributed by atoms with Crippen LogP contribution in [0.3, 0.4) is 0 Å². The third-order valence-corrected chi connectivity index (χ3v) is 4.37. The Morgan fingerprint density at radius 2 is 2.09 bits per heavy atom. The van der Waals surface area contributed by atoms with Crippen molar-refractivity contribution in [2.24, 2.45) is 5.92 Å². The van der Waals surface area contributed by atoms with E-state index < -0.39 is 0 Å². The molecule has 1 aromatic rings. The molecule has 1 aliphatic rings. The fraction of sp³-hybridized carbons (Fsp3) is 0.474. The van der Waals surface area contributed by atoms with Crippen LogP contribution in [0.25, 0.3) is 12.2 Å². The van der Waals surface area contributed by atoms with E-state index in [9.17, 15) is 4.79 Å². The van der Waals surface area contributed by atoms with E-state index in [0.29, 0.717) is 11.7 Å². The molecule has 1 aliphatic carbocycles. The molecule has 0 spiro atoms. The van der Waals surface area contributed by atoms with Crippen LogP contribution >= 0.6 is 0 Å². The van der Waals surface area contributed by atoms with Crippen LogP contribution in [0, 0.1) is 5.92 Å². The molecule has 3 heteroatoms. The highest BCUT2D eigenvalue weighted by Gasteiger charge is 2.20. The molecule has 0 atom stereocenters. The molecule has 1 heterocycles. The molecular weight excluding hydrogens is 272 g/mol. The number of hydrogen-bond acceptors (Lipinski definition) is 2. The van der Waals surface area contributed by atoms with Gasteiger partial charge in [0.25, 0.3) is 5.91 Å². The van der Waals surface area contributed by atoms with Crippen LogP contribution in [0.15, 0.2) is 24.9 Å². The van der Waals surface area contributed by atoms with Crippen molar-refractivity contribution in [1.29, 1.82) is 0 Å². The molecule has 0 aliphatic heterocycles. The van der Waals surface area contributed by atoms with Gasteiger partial charge in [-0.1, -0.05) is 25.2 Å². The zero-order valence-corrected chi connectivity index (χ0v) is 13.6. The fourth-order valence-corrected chi connectivity index (χ4v) is 2.90. The van der Waals surface area contributed by atoms with Crippen LogP contribution < -0.4 is 15.8 Å². The number of pyridine rings is 1. The first-order chi connectivity index (χ1) is 10.6. The Kier molecular flexibility index (Phi) is 5.93. The molecule has 3 nitrogen and oxygen atoms in total. The number of aromatic nitrogens is 1. The van der Waals surface area contributed by atoms with Crippen molar-refractivity contribution in [3.05, 3.63) is 41.0 Å². The Balaban J connectivity index is 2.12. The van der Waals surface area contributed by atoms with Gasteiger partial charge in [-0.05, 0) is 61.4 Å². The number of carbonyl (C=O) groups is 1. The maximum Gasteiger partial charge on any atom is 0.270 e. The van der Waals surface area contributed by atoms with Gasteiger partial charge in [0, 0.05) is 12.2 Å². The van der Waals surface area contributed by atoms with Crippen molar-refractivity contribution in [1.82, 2.24) is 10.3 Å². The average molecular weight is 298 g/mol. The van der Waals surface area contributed by atoms with Crippen LogP contribution in [0.1, 0.15) is 56.4 Å². The van der Waals surface area contributed by atoms with Gasteiger partial charge in [-0.15, -0.1) is 6.58 Å². The third-order valence-electron chi connectivity index (χ3n) is 4.37. The summed E-state index contributed by atoms with van der Waals surface area (Å²) >= 11 is 0.